The lowest BCUT2D eigenvalue weighted by Crippen LogP contribution is -1.85. The lowest BCUT2D eigenvalue weighted by molar-refractivity contribution is 1.09. The fraction of sp³-hybridized carbons (Fsp3) is 0.152. The number of benzene rings is 6. The molecule has 0 bridgehead atoms. The fourth-order valence-electron chi connectivity index (χ4n) is 4.26. The highest BCUT2D eigenvalue weighted by Crippen LogP contribution is 2.35. The van der Waals surface area contributed by atoms with E-state index >= 15 is 0 Å². The average Bonchev–Trinajstić information content (AvgIpc) is 2.86. The Hall–Kier alpha value is -3.64. The van der Waals surface area contributed by atoms with Gasteiger partial charge in [0.05, 0.1) is 0 Å². The normalized spacial score (nSPS) is 10.5. The summed E-state index contributed by atoms with van der Waals surface area (Å²) in [5, 5.41) is 8.23. The van der Waals surface area contributed by atoms with Crippen molar-refractivity contribution in [3.63, 3.8) is 0 Å². The Morgan fingerprint density at radius 2 is 0.970 bits per heavy atom. The van der Waals surface area contributed by atoms with Crippen LogP contribution in [0.4, 0.5) is 0 Å². The van der Waals surface area contributed by atoms with Gasteiger partial charge in [0.1, 0.15) is 0 Å². The largest absolute Gasteiger partial charge is 0.0656 e. The molecule has 0 radical (unpaired) electrons. The lowest BCUT2D eigenvalue weighted by atomic mass is 9.92. The zero-order valence-electron chi connectivity index (χ0n) is 20.1. The highest BCUT2D eigenvalue weighted by atomic mass is 14.1. The van der Waals surface area contributed by atoms with Crippen LogP contribution in [0.2, 0.25) is 0 Å². The van der Waals surface area contributed by atoms with E-state index in [2.05, 4.69) is 131 Å². The van der Waals surface area contributed by atoms with Crippen LogP contribution in [0, 0.1) is 13.8 Å². The van der Waals surface area contributed by atoms with Gasteiger partial charge < -0.3 is 0 Å². The molecule has 6 rings (SSSR count). The molecule has 0 spiro atoms. The van der Waals surface area contributed by atoms with Crippen molar-refractivity contribution >= 4 is 32.3 Å². The molecule has 0 saturated carbocycles. The Balaban J connectivity index is 0.000000145. The van der Waals surface area contributed by atoms with Crippen molar-refractivity contribution in [1.29, 1.82) is 0 Å². The monoisotopic (exact) mass is 428 g/mol. The second-order valence-corrected chi connectivity index (χ2v) is 8.68. The van der Waals surface area contributed by atoms with E-state index < -0.39 is 0 Å². The molecule has 0 atom stereocenters. The first-order chi connectivity index (χ1) is 16.1. The van der Waals surface area contributed by atoms with Crippen LogP contribution in [-0.2, 0) is 0 Å². The Morgan fingerprint density at radius 3 is 1.61 bits per heavy atom. The van der Waals surface area contributed by atoms with Gasteiger partial charge >= 0.3 is 0 Å². The van der Waals surface area contributed by atoms with E-state index in [4.69, 9.17) is 0 Å². The highest BCUT2D eigenvalue weighted by Gasteiger charge is 2.08. The number of hydrogen-bond acceptors (Lipinski definition) is 0. The Labute approximate surface area is 197 Å². The first-order valence-corrected chi connectivity index (χ1v) is 11.9. The van der Waals surface area contributed by atoms with E-state index in [1.54, 1.807) is 0 Å². The van der Waals surface area contributed by atoms with Gasteiger partial charge in [0.15, 0.2) is 0 Å². The summed E-state index contributed by atoms with van der Waals surface area (Å²) in [5.41, 5.74) is 5.23. The van der Waals surface area contributed by atoms with E-state index in [1.165, 1.54) is 61.0 Å². The lowest BCUT2D eigenvalue weighted by Gasteiger charge is -2.11. The maximum absolute atomic E-state index is 2.25. The van der Waals surface area contributed by atoms with Gasteiger partial charge in [-0.05, 0) is 62.9 Å². The van der Waals surface area contributed by atoms with Crippen LogP contribution in [0.3, 0.4) is 0 Å². The number of hydrogen-bond donors (Lipinski definition) is 0. The maximum Gasteiger partial charge on any atom is -0.00241 e. The molecular weight excluding hydrogens is 396 g/mol. The van der Waals surface area contributed by atoms with Crippen molar-refractivity contribution in [3.05, 3.63) is 120 Å². The van der Waals surface area contributed by atoms with E-state index in [1.807, 2.05) is 6.07 Å². The molecule has 0 amide bonds. The molecule has 0 heterocycles. The molecule has 0 unspecified atom stereocenters. The van der Waals surface area contributed by atoms with Crippen molar-refractivity contribution < 1.29 is 0 Å². The predicted molar refractivity (Wildman–Crippen MR) is 147 cm³/mol. The summed E-state index contributed by atoms with van der Waals surface area (Å²) in [5.74, 6) is 0. The minimum Gasteiger partial charge on any atom is -0.0656 e. The van der Waals surface area contributed by atoms with E-state index in [0.29, 0.717) is 0 Å². The topological polar surface area (TPSA) is 0 Å². The van der Waals surface area contributed by atoms with Gasteiger partial charge in [-0.3, -0.25) is 0 Å². The van der Waals surface area contributed by atoms with E-state index in [0.717, 1.165) is 0 Å². The molecular formula is C33H32. The van der Waals surface area contributed by atoms with Crippen molar-refractivity contribution in [3.8, 4) is 11.1 Å². The van der Waals surface area contributed by atoms with Crippen molar-refractivity contribution in [2.75, 3.05) is 0 Å². The second-order valence-electron chi connectivity index (χ2n) is 8.68. The van der Waals surface area contributed by atoms with Gasteiger partial charge in [-0.25, -0.2) is 0 Å². The fourth-order valence-corrected chi connectivity index (χ4v) is 4.26. The summed E-state index contributed by atoms with van der Waals surface area (Å²) >= 11 is 0. The third-order valence-corrected chi connectivity index (χ3v) is 5.91. The van der Waals surface area contributed by atoms with Crippen molar-refractivity contribution in [2.24, 2.45) is 0 Å². The summed E-state index contributed by atoms with van der Waals surface area (Å²) in [7, 11) is 0. The van der Waals surface area contributed by atoms with Crippen LogP contribution in [0.1, 0.15) is 31.4 Å². The van der Waals surface area contributed by atoms with Crippen LogP contribution >= 0.6 is 0 Å². The highest BCUT2D eigenvalue weighted by molar-refractivity contribution is 6.23. The van der Waals surface area contributed by atoms with Gasteiger partial charge in [-0.2, -0.15) is 0 Å². The molecule has 0 N–H and O–H groups in total. The van der Waals surface area contributed by atoms with Gasteiger partial charge in [-0.15, -0.1) is 0 Å². The first kappa shape index (κ1) is 22.6. The zero-order chi connectivity index (χ0) is 23.2. The molecule has 6 aromatic carbocycles. The molecule has 0 saturated heterocycles. The summed E-state index contributed by atoms with van der Waals surface area (Å²) < 4.78 is 0. The van der Waals surface area contributed by atoms with Crippen LogP contribution in [-0.4, -0.2) is 0 Å². The summed E-state index contributed by atoms with van der Waals surface area (Å²) in [6.07, 6.45) is 1.25. The molecule has 164 valence electrons. The minimum absolute atomic E-state index is 1.25. The van der Waals surface area contributed by atoms with Crippen molar-refractivity contribution in [1.82, 2.24) is 0 Å². The smallest absolute Gasteiger partial charge is 0.00241 e. The van der Waals surface area contributed by atoms with Gasteiger partial charge in [-0.1, -0.05) is 135 Å². The molecule has 0 fully saturated rings. The summed E-state index contributed by atoms with van der Waals surface area (Å²) in [4.78, 5) is 0. The quantitative estimate of drug-likeness (QED) is 0.229. The van der Waals surface area contributed by atoms with E-state index in [-0.39, 0.29) is 0 Å². The SMILES string of the molecule is CCC.Cc1ccc(-c2ccccc2)cc1.Cc1ccc2ccc3cccc4ccc1c2c34. The third-order valence-electron chi connectivity index (χ3n) is 5.91. The second kappa shape index (κ2) is 10.3. The molecule has 0 aliphatic carbocycles. The molecule has 0 nitrogen and oxygen atoms in total. The summed E-state index contributed by atoms with van der Waals surface area (Å²) in [6, 6.07) is 38.9. The predicted octanol–water partition coefficient (Wildman–Crippen LogP) is 9.97. The molecule has 33 heavy (non-hydrogen) atoms. The van der Waals surface area contributed by atoms with Gasteiger partial charge in [0.2, 0.25) is 0 Å². The van der Waals surface area contributed by atoms with Gasteiger partial charge in [0, 0.05) is 0 Å². The Kier molecular flexibility index (Phi) is 7.05. The van der Waals surface area contributed by atoms with Crippen LogP contribution < -0.4 is 0 Å². The minimum atomic E-state index is 1.25. The van der Waals surface area contributed by atoms with Crippen molar-refractivity contribution in [2.45, 2.75) is 34.1 Å². The molecule has 6 aromatic rings. The average molecular weight is 429 g/mol. The Bertz CT molecular complexity index is 1430. The molecule has 0 aliphatic rings. The maximum atomic E-state index is 2.25. The molecule has 0 aromatic heterocycles. The van der Waals surface area contributed by atoms with Crippen LogP contribution in [0.5, 0.6) is 0 Å². The van der Waals surface area contributed by atoms with Gasteiger partial charge in [0.25, 0.3) is 0 Å². The number of aryl methyl sites for hydroxylation is 2. The standard InChI is InChI=1S/C17H12.C13H12.C3H8/c1-11-5-6-14-8-7-12-3-2-4-13-9-10-15(11)17(14)16(12)13;1-11-7-9-13(10-8-11)12-5-3-2-4-6-12;1-3-2/h2-10H,1H3;2-10H,1H3;3H2,1-2H3. The number of rotatable bonds is 1. The molecule has 0 heteroatoms. The molecule has 0 aliphatic heterocycles. The zero-order valence-corrected chi connectivity index (χ0v) is 20.1. The van der Waals surface area contributed by atoms with E-state index in [9.17, 15) is 0 Å². The van der Waals surface area contributed by atoms with Crippen LogP contribution in [0.15, 0.2) is 109 Å². The summed E-state index contributed by atoms with van der Waals surface area (Å²) in [6.45, 7) is 8.54. The third kappa shape index (κ3) is 4.91. The first-order valence-electron chi connectivity index (χ1n) is 11.9. The van der Waals surface area contributed by atoms with Crippen LogP contribution in [0.25, 0.3) is 43.4 Å². The Morgan fingerprint density at radius 1 is 0.455 bits per heavy atom.